The number of aryl methyl sites for hydroxylation is 2. The molecule has 1 fully saturated rings. The van der Waals surface area contributed by atoms with Gasteiger partial charge in [0.1, 0.15) is 5.60 Å². The van der Waals surface area contributed by atoms with E-state index in [0.29, 0.717) is 59.5 Å². The van der Waals surface area contributed by atoms with Crippen molar-refractivity contribution in [3.63, 3.8) is 0 Å². The predicted molar refractivity (Wildman–Crippen MR) is 188 cm³/mol. The van der Waals surface area contributed by atoms with Gasteiger partial charge in [-0.05, 0) is 80.1 Å². The van der Waals surface area contributed by atoms with Crippen molar-refractivity contribution in [1.82, 2.24) is 29.2 Å². The summed E-state index contributed by atoms with van der Waals surface area (Å²) in [5.74, 6) is -0.309. The minimum atomic E-state index is -4.68. The number of carbonyl (C=O) groups is 2. The number of halogens is 3. The first-order chi connectivity index (χ1) is 24.7. The van der Waals surface area contributed by atoms with Crippen LogP contribution in [0.3, 0.4) is 0 Å². The number of fused-ring (bicyclic) bond motifs is 2. The molecule has 2 aliphatic rings. The van der Waals surface area contributed by atoms with E-state index in [0.717, 1.165) is 27.6 Å². The number of carbonyl (C=O) groups excluding carboxylic acids is 2. The number of anilines is 1. The van der Waals surface area contributed by atoms with E-state index in [9.17, 15) is 22.8 Å². The topological polar surface area (TPSA) is 108 Å². The van der Waals surface area contributed by atoms with Gasteiger partial charge in [-0.3, -0.25) is 14.5 Å². The Morgan fingerprint density at radius 1 is 1.02 bits per heavy atom. The molecule has 7 rings (SSSR count). The highest BCUT2D eigenvalue weighted by Gasteiger charge is 2.39. The van der Waals surface area contributed by atoms with Gasteiger partial charge < -0.3 is 23.8 Å². The molecule has 2 aliphatic heterocycles. The van der Waals surface area contributed by atoms with Gasteiger partial charge in [0.15, 0.2) is 5.69 Å². The van der Waals surface area contributed by atoms with Gasteiger partial charge in [-0.15, -0.1) is 0 Å². The quantitative estimate of drug-likeness (QED) is 0.174. The van der Waals surface area contributed by atoms with Crippen molar-refractivity contribution in [2.75, 3.05) is 24.5 Å². The van der Waals surface area contributed by atoms with Crippen LogP contribution in [0.25, 0.3) is 22.0 Å². The second-order valence-electron chi connectivity index (χ2n) is 14.3. The Hall–Kier alpha value is -5.24. The Labute approximate surface area is 299 Å². The number of pyridine rings is 1. The van der Waals surface area contributed by atoms with Gasteiger partial charge in [0, 0.05) is 67.0 Å². The van der Waals surface area contributed by atoms with Crippen molar-refractivity contribution in [3.8, 4) is 11.1 Å². The smallest absolute Gasteiger partial charge is 0.435 e. The van der Waals surface area contributed by atoms with Crippen LogP contribution in [0.5, 0.6) is 0 Å². The maximum Gasteiger partial charge on any atom is 0.435 e. The van der Waals surface area contributed by atoms with E-state index in [1.807, 2.05) is 33.8 Å². The fraction of sp³-hybridized carbons (Fsp3) is 0.395. The number of hydrogen-bond acceptors (Lipinski definition) is 7. The lowest BCUT2D eigenvalue weighted by atomic mass is 9.87. The molecular weight excluding hydrogens is 675 g/mol. The molecule has 0 N–H and O–H groups in total. The van der Waals surface area contributed by atoms with Crippen molar-refractivity contribution >= 4 is 28.6 Å². The van der Waals surface area contributed by atoms with Gasteiger partial charge in [0.2, 0.25) is 0 Å². The van der Waals surface area contributed by atoms with Crippen LogP contribution in [0.4, 0.5) is 23.7 Å². The standard InChI is InChI=1S/C38H40F3N7O4/c1-6-23-13-25(21-51-26-18-47(19-26)36(50)52-37(2,3)4)33-30(14-23)32(7-9-43-33)48-11-8-27-28(31-20-45(5)44-34(31)38(39,40)41)15-24(16-29(27)35(48)49)17-46-12-10-42-22-46/h7,9-10,12-16,20,22,26H,6,8,11,17-19,21H2,1-5H3. The summed E-state index contributed by atoms with van der Waals surface area (Å²) in [4.78, 5) is 39.0. The Morgan fingerprint density at radius 3 is 2.48 bits per heavy atom. The monoisotopic (exact) mass is 715 g/mol. The van der Waals surface area contributed by atoms with Crippen molar-refractivity contribution in [1.29, 1.82) is 0 Å². The van der Waals surface area contributed by atoms with Crippen LogP contribution in [-0.4, -0.2) is 72.6 Å². The average Bonchev–Trinajstić information content (AvgIpc) is 3.72. The Bertz CT molecular complexity index is 2150. The molecule has 14 heteroatoms. The van der Waals surface area contributed by atoms with Crippen LogP contribution < -0.4 is 4.90 Å². The number of hydrogen-bond donors (Lipinski definition) is 0. The largest absolute Gasteiger partial charge is 0.444 e. The fourth-order valence-electron chi connectivity index (χ4n) is 6.87. The molecule has 11 nitrogen and oxygen atoms in total. The highest BCUT2D eigenvalue weighted by Crippen LogP contribution is 2.41. The molecule has 5 aromatic rings. The van der Waals surface area contributed by atoms with Gasteiger partial charge in [0.05, 0.1) is 43.3 Å². The normalized spacial score (nSPS) is 15.3. The molecule has 2 aromatic carbocycles. The zero-order chi connectivity index (χ0) is 36.9. The SMILES string of the molecule is CCc1cc(COC2CN(C(=O)OC(C)(C)C)C2)c2nccc(N3CCc4c(cc(Cn5ccnc5)cc4-c4cn(C)nc4C(F)(F)F)C3=O)c2c1. The number of ether oxygens (including phenoxy) is 2. The van der Waals surface area contributed by atoms with Crippen LogP contribution >= 0.6 is 0 Å². The van der Waals surface area contributed by atoms with Gasteiger partial charge in [0.25, 0.3) is 5.91 Å². The fourth-order valence-corrected chi connectivity index (χ4v) is 6.87. The summed E-state index contributed by atoms with van der Waals surface area (Å²) in [6.45, 7) is 9.21. The highest BCUT2D eigenvalue weighted by atomic mass is 19.4. The summed E-state index contributed by atoms with van der Waals surface area (Å²) in [7, 11) is 1.46. The second kappa shape index (κ2) is 13.4. The Balaban J connectivity index is 1.22. The molecule has 5 heterocycles. The maximum atomic E-state index is 14.5. The van der Waals surface area contributed by atoms with Crippen LogP contribution in [0.2, 0.25) is 0 Å². The molecule has 0 bridgehead atoms. The van der Waals surface area contributed by atoms with Crippen molar-refractivity contribution < 1.29 is 32.2 Å². The van der Waals surface area contributed by atoms with E-state index in [1.165, 1.54) is 13.2 Å². The molecule has 52 heavy (non-hydrogen) atoms. The Morgan fingerprint density at radius 2 is 1.79 bits per heavy atom. The second-order valence-corrected chi connectivity index (χ2v) is 14.3. The lowest BCUT2D eigenvalue weighted by molar-refractivity contribution is -0.141. The minimum absolute atomic E-state index is 0.0627. The maximum absolute atomic E-state index is 14.5. The number of benzene rings is 2. The number of aromatic nitrogens is 5. The van der Waals surface area contributed by atoms with E-state index in [2.05, 4.69) is 16.1 Å². The van der Waals surface area contributed by atoms with Crippen molar-refractivity contribution in [3.05, 3.63) is 95.0 Å². The van der Waals surface area contributed by atoms with Gasteiger partial charge >= 0.3 is 12.3 Å². The first-order valence-corrected chi connectivity index (χ1v) is 17.2. The van der Waals surface area contributed by atoms with Gasteiger partial charge in [-0.2, -0.15) is 18.3 Å². The lowest BCUT2D eigenvalue weighted by Gasteiger charge is -2.39. The first kappa shape index (κ1) is 35.2. The number of likely N-dealkylation sites (tertiary alicyclic amines) is 1. The number of amides is 2. The predicted octanol–water partition coefficient (Wildman–Crippen LogP) is 6.80. The van der Waals surface area contributed by atoms with Crippen molar-refractivity contribution in [2.45, 2.75) is 71.6 Å². The average molecular weight is 716 g/mol. The highest BCUT2D eigenvalue weighted by molar-refractivity contribution is 6.13. The minimum Gasteiger partial charge on any atom is -0.444 e. The third-order valence-corrected chi connectivity index (χ3v) is 9.32. The van der Waals surface area contributed by atoms with Crippen LogP contribution in [0.1, 0.15) is 66.0 Å². The van der Waals surface area contributed by atoms with E-state index in [1.54, 1.807) is 57.5 Å². The summed E-state index contributed by atoms with van der Waals surface area (Å²) in [6, 6.07) is 9.39. The van der Waals surface area contributed by atoms with E-state index >= 15 is 0 Å². The summed E-state index contributed by atoms with van der Waals surface area (Å²) in [5.41, 5.74) is 3.51. The summed E-state index contributed by atoms with van der Waals surface area (Å²) in [5, 5.41) is 4.53. The number of nitrogens with zero attached hydrogens (tertiary/aromatic N) is 7. The lowest BCUT2D eigenvalue weighted by Crippen LogP contribution is -2.55. The first-order valence-electron chi connectivity index (χ1n) is 17.2. The van der Waals surface area contributed by atoms with E-state index < -0.39 is 17.5 Å². The molecule has 0 atom stereocenters. The van der Waals surface area contributed by atoms with Crippen LogP contribution in [-0.2, 0) is 48.7 Å². The zero-order valence-electron chi connectivity index (χ0n) is 29.7. The third kappa shape index (κ3) is 6.99. The molecule has 272 valence electrons. The van der Waals surface area contributed by atoms with Gasteiger partial charge in [-0.1, -0.05) is 13.0 Å². The number of rotatable bonds is 8. The molecule has 0 unspecified atom stereocenters. The van der Waals surface area contributed by atoms with Crippen LogP contribution in [0, 0.1) is 0 Å². The molecule has 3 aromatic heterocycles. The molecule has 0 spiro atoms. The molecular formula is C38H40F3N7O4. The molecule has 0 saturated carbocycles. The summed E-state index contributed by atoms with van der Waals surface area (Å²) >= 11 is 0. The summed E-state index contributed by atoms with van der Waals surface area (Å²) < 4.78 is 57.3. The molecule has 0 aliphatic carbocycles. The molecule has 0 radical (unpaired) electrons. The Kier molecular flexibility index (Phi) is 9.05. The number of alkyl halides is 3. The summed E-state index contributed by atoms with van der Waals surface area (Å²) in [6.07, 6.45) is 3.89. The van der Waals surface area contributed by atoms with E-state index in [4.69, 9.17) is 14.5 Å². The third-order valence-electron chi connectivity index (χ3n) is 9.32. The van der Waals surface area contributed by atoms with Crippen LogP contribution in [0.15, 0.2) is 61.4 Å². The van der Waals surface area contributed by atoms with E-state index in [-0.39, 0.29) is 36.8 Å². The number of imidazole rings is 1. The zero-order valence-corrected chi connectivity index (χ0v) is 29.7. The van der Waals surface area contributed by atoms with Gasteiger partial charge in [-0.25, -0.2) is 9.78 Å². The molecule has 1 saturated heterocycles. The van der Waals surface area contributed by atoms with Crippen molar-refractivity contribution in [2.24, 2.45) is 7.05 Å². The molecule has 2 amide bonds.